The Labute approximate surface area is 224 Å². The van der Waals surface area contributed by atoms with E-state index in [0.29, 0.717) is 18.8 Å². The van der Waals surface area contributed by atoms with Gasteiger partial charge >= 0.3 is 11.9 Å². The van der Waals surface area contributed by atoms with E-state index in [1.807, 2.05) is 37.3 Å². The van der Waals surface area contributed by atoms with Crippen LogP contribution in [0.1, 0.15) is 70.3 Å². The van der Waals surface area contributed by atoms with Crippen molar-refractivity contribution in [3.05, 3.63) is 48.3 Å². The predicted octanol–water partition coefficient (Wildman–Crippen LogP) is 4.73. The number of nitrogens with zero attached hydrogens (tertiary/aromatic N) is 1. The van der Waals surface area contributed by atoms with Crippen LogP contribution in [0.2, 0.25) is 0 Å². The van der Waals surface area contributed by atoms with Crippen LogP contribution < -0.4 is 19.5 Å². The average molecular weight is 527 g/mol. The minimum atomic E-state index is -0.899. The summed E-state index contributed by atoms with van der Waals surface area (Å²) >= 11 is 0. The summed E-state index contributed by atoms with van der Waals surface area (Å²) in [7, 11) is 1.39. The highest BCUT2D eigenvalue weighted by atomic mass is 16.6. The largest absolute Gasteiger partial charge is 0.493 e. The number of carbonyl (C=O) groups excluding carboxylic acids is 3. The molecular formula is C29H38N2O7. The van der Waals surface area contributed by atoms with Gasteiger partial charge in [-0.2, -0.15) is 0 Å². The molecule has 0 radical (unpaired) electrons. The summed E-state index contributed by atoms with van der Waals surface area (Å²) in [5.74, 6) is -0.331. The molecule has 4 unspecified atom stereocenters. The number of methoxy groups -OCH3 is 1. The van der Waals surface area contributed by atoms with Gasteiger partial charge in [-0.1, -0.05) is 44.9 Å². The van der Waals surface area contributed by atoms with E-state index < -0.39 is 30.0 Å². The molecule has 206 valence electrons. The molecule has 9 heteroatoms. The molecule has 2 heterocycles. The monoisotopic (exact) mass is 526 g/mol. The van der Waals surface area contributed by atoms with Crippen LogP contribution in [0.25, 0.3) is 0 Å². The first-order valence-electron chi connectivity index (χ1n) is 13.1. The van der Waals surface area contributed by atoms with Crippen LogP contribution in [0.15, 0.2) is 42.6 Å². The maximum absolute atomic E-state index is 13.2. The Bertz CT molecular complexity index is 1090. The summed E-state index contributed by atoms with van der Waals surface area (Å²) in [5, 5.41) is 2.73. The van der Waals surface area contributed by atoms with Crippen LogP contribution in [0.4, 0.5) is 0 Å². The molecule has 1 amide bonds. The quantitative estimate of drug-likeness (QED) is 0.467. The van der Waals surface area contributed by atoms with Gasteiger partial charge in [0.25, 0.3) is 5.91 Å². The lowest BCUT2D eigenvalue weighted by molar-refractivity contribution is -0.156. The van der Waals surface area contributed by atoms with Gasteiger partial charge in [0.05, 0.1) is 7.11 Å². The van der Waals surface area contributed by atoms with Gasteiger partial charge < -0.3 is 24.3 Å². The second kappa shape index (κ2) is 13.8. The zero-order valence-corrected chi connectivity index (χ0v) is 22.8. The van der Waals surface area contributed by atoms with Crippen molar-refractivity contribution in [2.24, 2.45) is 11.8 Å². The van der Waals surface area contributed by atoms with Crippen molar-refractivity contribution in [1.29, 1.82) is 0 Å². The zero-order chi connectivity index (χ0) is 27.7. The number of amides is 1. The molecule has 1 N–H and O–H groups in total. The summed E-state index contributed by atoms with van der Waals surface area (Å²) in [4.78, 5) is 42.1. The topological polar surface area (TPSA) is 113 Å². The molecule has 1 saturated heterocycles. The highest BCUT2D eigenvalue weighted by molar-refractivity contribution is 5.98. The molecule has 1 aromatic heterocycles. The second-order valence-corrected chi connectivity index (χ2v) is 10.0. The minimum Gasteiger partial charge on any atom is -0.493 e. The van der Waals surface area contributed by atoms with Gasteiger partial charge in [0.1, 0.15) is 24.0 Å². The van der Waals surface area contributed by atoms with Crippen molar-refractivity contribution in [2.75, 3.05) is 7.11 Å². The van der Waals surface area contributed by atoms with Gasteiger partial charge in [0, 0.05) is 19.2 Å². The Morgan fingerprint density at radius 3 is 2.55 bits per heavy atom. The number of benzene rings is 1. The van der Waals surface area contributed by atoms with Crippen LogP contribution in [-0.2, 0) is 14.3 Å². The molecule has 1 aliphatic rings. The van der Waals surface area contributed by atoms with Gasteiger partial charge in [-0.25, -0.2) is 9.78 Å². The first kappa shape index (κ1) is 28.9. The maximum Gasteiger partial charge on any atom is 0.329 e. The number of nitrogens with one attached hydrogen (secondary N) is 1. The lowest BCUT2D eigenvalue weighted by Gasteiger charge is -2.32. The van der Waals surface area contributed by atoms with E-state index in [1.165, 1.54) is 26.3 Å². The second-order valence-electron chi connectivity index (χ2n) is 10.0. The first-order valence-corrected chi connectivity index (χ1v) is 13.1. The molecule has 1 aliphatic heterocycles. The van der Waals surface area contributed by atoms with Crippen LogP contribution in [0.5, 0.6) is 17.2 Å². The fraction of sp³-hybridized carbons (Fsp3) is 0.517. The third-order valence-corrected chi connectivity index (χ3v) is 6.57. The Kier molecular flexibility index (Phi) is 10.5. The third kappa shape index (κ3) is 7.94. The van der Waals surface area contributed by atoms with Gasteiger partial charge in [-0.15, -0.1) is 0 Å². The van der Waals surface area contributed by atoms with E-state index in [9.17, 15) is 14.4 Å². The zero-order valence-electron chi connectivity index (χ0n) is 22.8. The number of ether oxygens (including phenoxy) is 4. The fourth-order valence-corrected chi connectivity index (χ4v) is 4.64. The molecule has 0 bridgehead atoms. The molecule has 4 atom stereocenters. The first-order chi connectivity index (χ1) is 18.2. The van der Waals surface area contributed by atoms with Crippen molar-refractivity contribution in [3.8, 4) is 17.2 Å². The summed E-state index contributed by atoms with van der Waals surface area (Å²) in [5.41, 5.74) is -0.152. The number of hydrogen-bond acceptors (Lipinski definition) is 8. The van der Waals surface area contributed by atoms with Crippen molar-refractivity contribution in [1.82, 2.24) is 10.3 Å². The van der Waals surface area contributed by atoms with Crippen LogP contribution in [0.3, 0.4) is 0 Å². The molecule has 9 nitrogen and oxygen atoms in total. The van der Waals surface area contributed by atoms with Gasteiger partial charge in [0.15, 0.2) is 11.4 Å². The molecule has 2 aromatic rings. The molecule has 1 fully saturated rings. The highest BCUT2D eigenvalue weighted by Gasteiger charge is 2.36. The summed E-state index contributed by atoms with van der Waals surface area (Å²) in [6, 6.07) is 10.1. The van der Waals surface area contributed by atoms with Crippen LogP contribution in [0, 0.1) is 11.8 Å². The fourth-order valence-electron chi connectivity index (χ4n) is 4.64. The van der Waals surface area contributed by atoms with E-state index in [4.69, 9.17) is 18.9 Å². The van der Waals surface area contributed by atoms with Crippen LogP contribution in [-0.4, -0.2) is 48.2 Å². The van der Waals surface area contributed by atoms with E-state index in [0.717, 1.165) is 25.0 Å². The molecule has 1 aromatic carbocycles. The van der Waals surface area contributed by atoms with E-state index in [-0.39, 0.29) is 29.2 Å². The summed E-state index contributed by atoms with van der Waals surface area (Å²) in [6.45, 7) is 7.43. The number of esters is 2. The Morgan fingerprint density at radius 1 is 1.16 bits per heavy atom. The van der Waals surface area contributed by atoms with E-state index >= 15 is 0 Å². The number of hydrogen-bond donors (Lipinski definition) is 1. The Hall–Kier alpha value is -3.62. The Morgan fingerprint density at radius 2 is 1.89 bits per heavy atom. The average Bonchev–Trinajstić information content (AvgIpc) is 2.93. The molecule has 0 aliphatic carbocycles. The molecule has 38 heavy (non-hydrogen) atoms. The van der Waals surface area contributed by atoms with Gasteiger partial charge in [-0.3, -0.25) is 9.59 Å². The van der Waals surface area contributed by atoms with Crippen LogP contribution >= 0.6 is 0 Å². The Balaban J connectivity index is 1.81. The lowest BCUT2D eigenvalue weighted by atomic mass is 9.86. The number of para-hydroxylation sites is 1. The van der Waals surface area contributed by atoms with Crippen molar-refractivity contribution >= 4 is 17.8 Å². The number of carbonyl (C=O) groups is 3. The van der Waals surface area contributed by atoms with Gasteiger partial charge in [-0.05, 0) is 50.2 Å². The minimum absolute atomic E-state index is 0.102. The standard InChI is InChI=1S/C29H38N2O7/c1-18(2)14-15-21-10-9-13-23(29(34)36-19(3)26(21)38-22-11-7-6-8-12-22)31-28(33)25-27(37-20(4)32)24(35-5)16-17-30-25/h6-8,11-12,16-19,21,23,26H,9-10,13-15H2,1-5H3,(H,31,33). The van der Waals surface area contributed by atoms with Gasteiger partial charge in [0.2, 0.25) is 5.75 Å². The van der Waals surface area contributed by atoms with Crippen molar-refractivity contribution < 1.29 is 33.3 Å². The highest BCUT2D eigenvalue weighted by Crippen LogP contribution is 2.32. The lowest BCUT2D eigenvalue weighted by Crippen LogP contribution is -2.45. The number of rotatable bonds is 9. The van der Waals surface area contributed by atoms with Crippen molar-refractivity contribution in [2.45, 2.75) is 78.0 Å². The third-order valence-electron chi connectivity index (χ3n) is 6.57. The molecule has 0 spiro atoms. The smallest absolute Gasteiger partial charge is 0.329 e. The summed E-state index contributed by atoms with van der Waals surface area (Å²) in [6.07, 6.45) is 4.36. The predicted molar refractivity (Wildman–Crippen MR) is 141 cm³/mol. The number of cyclic esters (lactones) is 1. The number of pyridine rings is 1. The molecule has 3 rings (SSSR count). The van der Waals surface area contributed by atoms with E-state index in [2.05, 4.69) is 24.1 Å². The van der Waals surface area contributed by atoms with Crippen molar-refractivity contribution in [3.63, 3.8) is 0 Å². The number of aromatic nitrogens is 1. The summed E-state index contributed by atoms with van der Waals surface area (Å²) < 4.78 is 22.7. The maximum atomic E-state index is 13.2. The normalized spacial score (nSPS) is 21.9. The molecule has 0 saturated carbocycles. The SMILES string of the molecule is COc1ccnc(C(=O)NC2CCCC(CCC(C)C)C(Oc3ccccc3)C(C)OC2=O)c1OC(C)=O. The van der Waals surface area contributed by atoms with E-state index in [1.54, 1.807) is 0 Å². The molecular weight excluding hydrogens is 488 g/mol.